The third kappa shape index (κ3) is 2.54. The molecule has 0 aromatic heterocycles. The number of hydrogen-bond donors (Lipinski definition) is 1. The molecule has 3 heteroatoms. The van der Waals surface area contributed by atoms with Gasteiger partial charge in [0.2, 0.25) is 0 Å². The average Bonchev–Trinajstić information content (AvgIpc) is 2.60. The summed E-state index contributed by atoms with van der Waals surface area (Å²) in [5.74, 6) is 0.820. The first-order chi connectivity index (χ1) is 9.65. The first kappa shape index (κ1) is 13.5. The number of benzene rings is 1. The molecule has 1 N–H and O–H groups in total. The molecule has 1 saturated carbocycles. The fourth-order valence-corrected chi connectivity index (χ4v) is 3.54. The number of para-hydroxylation sites is 1. The van der Waals surface area contributed by atoms with Gasteiger partial charge in [0, 0.05) is 18.3 Å². The van der Waals surface area contributed by atoms with Crippen LogP contribution in [0.5, 0.6) is 0 Å². The quantitative estimate of drug-likeness (QED) is 0.824. The van der Waals surface area contributed by atoms with Crippen molar-refractivity contribution in [2.45, 2.75) is 52.0 Å². The lowest BCUT2D eigenvalue weighted by Crippen LogP contribution is -2.44. The van der Waals surface area contributed by atoms with Gasteiger partial charge in [-0.2, -0.15) is 0 Å². The van der Waals surface area contributed by atoms with Crippen LogP contribution >= 0.6 is 0 Å². The summed E-state index contributed by atoms with van der Waals surface area (Å²) >= 11 is 0. The van der Waals surface area contributed by atoms with E-state index in [1.807, 2.05) is 0 Å². The highest BCUT2D eigenvalue weighted by Gasteiger charge is 2.29. The molecular formula is C17H24N2O. The van der Waals surface area contributed by atoms with Gasteiger partial charge in [-0.25, -0.2) is 4.79 Å². The molecule has 108 valence electrons. The second kappa shape index (κ2) is 5.47. The Bertz CT molecular complexity index is 504. The van der Waals surface area contributed by atoms with Gasteiger partial charge in [0.05, 0.1) is 0 Å². The highest BCUT2D eigenvalue weighted by atomic mass is 16.2. The van der Waals surface area contributed by atoms with Crippen LogP contribution in [0.15, 0.2) is 18.2 Å². The lowest BCUT2D eigenvalue weighted by Gasteiger charge is -2.35. The predicted octanol–water partition coefficient (Wildman–Crippen LogP) is 3.96. The number of hydrogen-bond acceptors (Lipinski definition) is 1. The van der Waals surface area contributed by atoms with Crippen LogP contribution in [0.25, 0.3) is 0 Å². The van der Waals surface area contributed by atoms with E-state index in [9.17, 15) is 4.79 Å². The summed E-state index contributed by atoms with van der Waals surface area (Å²) in [6.07, 6.45) is 5.77. The van der Waals surface area contributed by atoms with Crippen molar-refractivity contribution >= 4 is 11.7 Å². The van der Waals surface area contributed by atoms with Crippen molar-refractivity contribution in [3.8, 4) is 0 Å². The molecule has 0 bridgehead atoms. The highest BCUT2D eigenvalue weighted by molar-refractivity contribution is 5.92. The van der Waals surface area contributed by atoms with E-state index in [0.717, 1.165) is 43.0 Å². The molecule has 20 heavy (non-hydrogen) atoms. The minimum absolute atomic E-state index is 0.0950. The highest BCUT2D eigenvalue weighted by Crippen LogP contribution is 2.30. The van der Waals surface area contributed by atoms with Crippen LogP contribution in [0, 0.1) is 12.8 Å². The molecule has 2 amide bonds. The summed E-state index contributed by atoms with van der Waals surface area (Å²) in [5, 5.41) is 3.14. The number of anilines is 1. The lowest BCUT2D eigenvalue weighted by molar-refractivity contribution is 0.158. The van der Waals surface area contributed by atoms with Crippen molar-refractivity contribution in [1.29, 1.82) is 0 Å². The molecule has 0 spiro atoms. The Morgan fingerprint density at radius 3 is 2.70 bits per heavy atom. The number of nitrogens with one attached hydrogen (secondary N) is 1. The van der Waals surface area contributed by atoms with Crippen molar-refractivity contribution in [2.24, 2.45) is 5.92 Å². The van der Waals surface area contributed by atoms with Crippen LogP contribution < -0.4 is 5.32 Å². The SMILES string of the molecule is Cc1cccc2c1NC(=O)N(C1CCC(C)CC1)CC2. The van der Waals surface area contributed by atoms with Crippen molar-refractivity contribution in [2.75, 3.05) is 11.9 Å². The van der Waals surface area contributed by atoms with Gasteiger partial charge in [-0.05, 0) is 56.1 Å². The first-order valence-electron chi connectivity index (χ1n) is 7.81. The first-order valence-corrected chi connectivity index (χ1v) is 7.81. The van der Waals surface area contributed by atoms with Crippen molar-refractivity contribution in [3.63, 3.8) is 0 Å². The average molecular weight is 272 g/mol. The van der Waals surface area contributed by atoms with Gasteiger partial charge in [-0.15, -0.1) is 0 Å². The molecule has 0 unspecified atom stereocenters. The molecule has 0 radical (unpaired) electrons. The molecule has 1 aliphatic heterocycles. The van der Waals surface area contributed by atoms with Gasteiger partial charge in [-0.3, -0.25) is 0 Å². The second-order valence-corrected chi connectivity index (χ2v) is 6.40. The van der Waals surface area contributed by atoms with E-state index < -0.39 is 0 Å². The fourth-order valence-electron chi connectivity index (χ4n) is 3.54. The number of nitrogens with zero attached hydrogens (tertiary/aromatic N) is 1. The molecule has 0 saturated heterocycles. The second-order valence-electron chi connectivity index (χ2n) is 6.40. The normalized spacial score (nSPS) is 26.7. The van der Waals surface area contributed by atoms with E-state index in [4.69, 9.17) is 0 Å². The van der Waals surface area contributed by atoms with Gasteiger partial charge < -0.3 is 10.2 Å². The van der Waals surface area contributed by atoms with E-state index in [-0.39, 0.29) is 6.03 Å². The van der Waals surface area contributed by atoms with Crippen LogP contribution in [0.3, 0.4) is 0 Å². The van der Waals surface area contributed by atoms with Gasteiger partial charge in [0.15, 0.2) is 0 Å². The van der Waals surface area contributed by atoms with E-state index in [0.29, 0.717) is 6.04 Å². The number of carbonyl (C=O) groups excluding carboxylic acids is 1. The van der Waals surface area contributed by atoms with Crippen molar-refractivity contribution in [3.05, 3.63) is 29.3 Å². The van der Waals surface area contributed by atoms with Crippen LogP contribution in [0.4, 0.5) is 10.5 Å². The van der Waals surface area contributed by atoms with Crippen LogP contribution in [0.2, 0.25) is 0 Å². The number of carbonyl (C=O) groups is 1. The van der Waals surface area contributed by atoms with Gasteiger partial charge in [-0.1, -0.05) is 25.1 Å². The Morgan fingerprint density at radius 2 is 1.95 bits per heavy atom. The van der Waals surface area contributed by atoms with Gasteiger partial charge in [0.1, 0.15) is 0 Å². The van der Waals surface area contributed by atoms with E-state index in [2.05, 4.69) is 42.3 Å². The zero-order chi connectivity index (χ0) is 14.1. The third-order valence-corrected chi connectivity index (χ3v) is 4.90. The largest absolute Gasteiger partial charge is 0.322 e. The molecule has 1 fully saturated rings. The Balaban J connectivity index is 1.77. The smallest absolute Gasteiger partial charge is 0.321 e. The van der Waals surface area contributed by atoms with E-state index in [1.165, 1.54) is 18.4 Å². The number of amides is 2. The molecule has 3 nitrogen and oxygen atoms in total. The summed E-state index contributed by atoms with van der Waals surface area (Å²) in [5.41, 5.74) is 3.46. The molecule has 2 aliphatic rings. The minimum atomic E-state index is 0.0950. The summed E-state index contributed by atoms with van der Waals surface area (Å²) < 4.78 is 0. The van der Waals surface area contributed by atoms with Crippen LogP contribution in [0.1, 0.15) is 43.7 Å². The van der Waals surface area contributed by atoms with E-state index >= 15 is 0 Å². The summed E-state index contributed by atoms with van der Waals surface area (Å²) in [7, 11) is 0. The van der Waals surface area contributed by atoms with Crippen molar-refractivity contribution in [1.82, 2.24) is 4.90 Å². The molecule has 3 rings (SSSR count). The fraction of sp³-hybridized carbons (Fsp3) is 0.588. The number of aryl methyl sites for hydroxylation is 1. The maximum Gasteiger partial charge on any atom is 0.322 e. The third-order valence-electron chi connectivity index (χ3n) is 4.90. The predicted molar refractivity (Wildman–Crippen MR) is 82.0 cm³/mol. The van der Waals surface area contributed by atoms with Crippen LogP contribution in [-0.4, -0.2) is 23.5 Å². The number of rotatable bonds is 1. The number of urea groups is 1. The Morgan fingerprint density at radius 1 is 1.20 bits per heavy atom. The summed E-state index contributed by atoms with van der Waals surface area (Å²) in [6, 6.07) is 6.81. The van der Waals surface area contributed by atoms with Crippen LogP contribution in [-0.2, 0) is 6.42 Å². The molecular weight excluding hydrogens is 248 g/mol. The van der Waals surface area contributed by atoms with Gasteiger partial charge in [0.25, 0.3) is 0 Å². The number of fused-ring (bicyclic) bond motifs is 1. The minimum Gasteiger partial charge on any atom is -0.321 e. The molecule has 1 aromatic rings. The van der Waals surface area contributed by atoms with Gasteiger partial charge >= 0.3 is 6.03 Å². The summed E-state index contributed by atoms with van der Waals surface area (Å²) in [4.78, 5) is 14.6. The molecule has 1 aromatic carbocycles. The molecule has 1 aliphatic carbocycles. The Kier molecular flexibility index (Phi) is 3.68. The van der Waals surface area contributed by atoms with Crippen molar-refractivity contribution < 1.29 is 4.79 Å². The summed E-state index contributed by atoms with van der Waals surface area (Å²) in [6.45, 7) is 5.23. The topological polar surface area (TPSA) is 32.3 Å². The zero-order valence-corrected chi connectivity index (χ0v) is 12.5. The van der Waals surface area contributed by atoms with E-state index in [1.54, 1.807) is 0 Å². The maximum atomic E-state index is 12.5. The Labute approximate surface area is 121 Å². The zero-order valence-electron chi connectivity index (χ0n) is 12.5. The lowest BCUT2D eigenvalue weighted by atomic mass is 9.86. The maximum absolute atomic E-state index is 12.5. The standard InChI is InChI=1S/C17H24N2O/c1-12-6-8-15(9-7-12)19-11-10-14-5-3-4-13(2)16(14)18-17(19)20/h3-5,12,15H,6-11H2,1-2H3,(H,18,20). The monoisotopic (exact) mass is 272 g/mol. The Hall–Kier alpha value is -1.51. The molecule has 0 atom stereocenters. The molecule has 1 heterocycles.